The van der Waals surface area contributed by atoms with Gasteiger partial charge in [-0.1, -0.05) is 13.8 Å². The molecule has 0 radical (unpaired) electrons. The molecule has 0 heterocycles. The standard InChI is InChI=1S/C8H13FO/c1-8(2)4-6(9)3-7(10)5-8/h6H,3-5H2,1-2H3. The molecule has 1 fully saturated rings. The lowest BCUT2D eigenvalue weighted by Gasteiger charge is -2.30. The lowest BCUT2D eigenvalue weighted by molar-refractivity contribution is -0.125. The molecule has 0 aromatic carbocycles. The van der Waals surface area contributed by atoms with Crippen molar-refractivity contribution in [3.63, 3.8) is 0 Å². The molecule has 0 amide bonds. The smallest absolute Gasteiger partial charge is 0.136 e. The van der Waals surface area contributed by atoms with Crippen LogP contribution in [0.15, 0.2) is 0 Å². The molecule has 1 aliphatic rings. The van der Waals surface area contributed by atoms with E-state index in [1.165, 1.54) is 0 Å². The summed E-state index contributed by atoms with van der Waals surface area (Å²) in [4.78, 5) is 10.8. The van der Waals surface area contributed by atoms with Gasteiger partial charge in [-0.3, -0.25) is 4.79 Å². The van der Waals surface area contributed by atoms with Gasteiger partial charge in [0, 0.05) is 12.8 Å². The van der Waals surface area contributed by atoms with Crippen LogP contribution in [0.5, 0.6) is 0 Å². The Bertz CT molecular complexity index is 151. The fourth-order valence-electron chi connectivity index (χ4n) is 1.60. The molecule has 58 valence electrons. The molecule has 0 aliphatic heterocycles. The number of alkyl halides is 1. The third kappa shape index (κ3) is 1.79. The molecule has 1 nitrogen and oxygen atoms in total. The maximum absolute atomic E-state index is 12.7. The number of hydrogen-bond acceptors (Lipinski definition) is 1. The van der Waals surface area contributed by atoms with Crippen molar-refractivity contribution >= 4 is 5.78 Å². The molecule has 1 rings (SSSR count). The van der Waals surface area contributed by atoms with Crippen molar-refractivity contribution in [2.45, 2.75) is 39.3 Å². The Kier molecular flexibility index (Phi) is 1.80. The molecule has 0 spiro atoms. The molecule has 0 aromatic heterocycles. The van der Waals surface area contributed by atoms with E-state index in [9.17, 15) is 9.18 Å². The van der Waals surface area contributed by atoms with E-state index in [-0.39, 0.29) is 17.6 Å². The molecule has 0 saturated heterocycles. The lowest BCUT2D eigenvalue weighted by atomic mass is 9.76. The van der Waals surface area contributed by atoms with E-state index >= 15 is 0 Å². The Labute approximate surface area is 60.6 Å². The first kappa shape index (κ1) is 7.70. The summed E-state index contributed by atoms with van der Waals surface area (Å²) in [5, 5.41) is 0. The second-order valence-corrected chi connectivity index (χ2v) is 3.89. The second kappa shape index (κ2) is 2.33. The van der Waals surface area contributed by atoms with Crippen molar-refractivity contribution in [1.82, 2.24) is 0 Å². The largest absolute Gasteiger partial charge is 0.300 e. The van der Waals surface area contributed by atoms with Crippen LogP contribution in [-0.4, -0.2) is 12.0 Å². The maximum atomic E-state index is 12.7. The number of rotatable bonds is 0. The van der Waals surface area contributed by atoms with Crippen molar-refractivity contribution in [2.75, 3.05) is 0 Å². The minimum Gasteiger partial charge on any atom is -0.300 e. The molecule has 0 N–H and O–H groups in total. The molecule has 10 heavy (non-hydrogen) atoms. The fraction of sp³-hybridized carbons (Fsp3) is 0.875. The van der Waals surface area contributed by atoms with Gasteiger partial charge in [0.1, 0.15) is 12.0 Å². The predicted octanol–water partition coefficient (Wildman–Crippen LogP) is 2.10. The summed E-state index contributed by atoms with van der Waals surface area (Å²) in [6.07, 6.45) is 0.339. The summed E-state index contributed by atoms with van der Waals surface area (Å²) in [5.41, 5.74) is -0.102. The van der Waals surface area contributed by atoms with Gasteiger partial charge in [-0.25, -0.2) is 4.39 Å². The minimum absolute atomic E-state index is 0.0729. The van der Waals surface area contributed by atoms with E-state index < -0.39 is 6.17 Å². The maximum Gasteiger partial charge on any atom is 0.136 e. The number of carbonyl (C=O) groups is 1. The average Bonchev–Trinajstić information content (AvgIpc) is 1.54. The van der Waals surface area contributed by atoms with Crippen LogP contribution < -0.4 is 0 Å². The Balaban J connectivity index is 2.59. The van der Waals surface area contributed by atoms with Crippen molar-refractivity contribution < 1.29 is 9.18 Å². The quantitative estimate of drug-likeness (QED) is 0.509. The number of carbonyl (C=O) groups excluding carboxylic acids is 1. The highest BCUT2D eigenvalue weighted by molar-refractivity contribution is 5.80. The van der Waals surface area contributed by atoms with E-state index in [1.54, 1.807) is 0 Å². The first-order valence-electron chi connectivity index (χ1n) is 3.65. The molecule has 2 heteroatoms. The van der Waals surface area contributed by atoms with Gasteiger partial charge >= 0.3 is 0 Å². The number of Topliss-reactive ketones (excluding diaryl/α,β-unsaturated/α-hetero) is 1. The van der Waals surface area contributed by atoms with E-state index in [0.717, 1.165) is 0 Å². The van der Waals surface area contributed by atoms with Gasteiger partial charge in [-0.05, 0) is 11.8 Å². The SMILES string of the molecule is CC1(C)CC(=O)CC(F)C1. The van der Waals surface area contributed by atoms with Crippen LogP contribution in [0.3, 0.4) is 0 Å². The van der Waals surface area contributed by atoms with Crippen LogP contribution in [0, 0.1) is 5.41 Å². The Morgan fingerprint density at radius 2 is 2.20 bits per heavy atom. The van der Waals surface area contributed by atoms with Crippen molar-refractivity contribution in [3.05, 3.63) is 0 Å². The number of ketones is 1. The Hall–Kier alpha value is -0.400. The second-order valence-electron chi connectivity index (χ2n) is 3.89. The third-order valence-corrected chi connectivity index (χ3v) is 1.90. The Morgan fingerprint density at radius 1 is 1.60 bits per heavy atom. The summed E-state index contributed by atoms with van der Waals surface area (Å²) >= 11 is 0. The third-order valence-electron chi connectivity index (χ3n) is 1.90. The van der Waals surface area contributed by atoms with E-state index in [0.29, 0.717) is 12.8 Å². The monoisotopic (exact) mass is 144 g/mol. The number of hydrogen-bond donors (Lipinski definition) is 0. The van der Waals surface area contributed by atoms with Gasteiger partial charge in [-0.2, -0.15) is 0 Å². The Morgan fingerprint density at radius 3 is 2.60 bits per heavy atom. The van der Waals surface area contributed by atoms with Crippen LogP contribution >= 0.6 is 0 Å². The van der Waals surface area contributed by atoms with Crippen LogP contribution in [0.25, 0.3) is 0 Å². The highest BCUT2D eigenvalue weighted by atomic mass is 19.1. The molecule has 1 unspecified atom stereocenters. The van der Waals surface area contributed by atoms with Crippen LogP contribution in [0.2, 0.25) is 0 Å². The lowest BCUT2D eigenvalue weighted by Crippen LogP contribution is -2.29. The van der Waals surface area contributed by atoms with Gasteiger partial charge in [0.05, 0.1) is 0 Å². The van der Waals surface area contributed by atoms with E-state index in [2.05, 4.69) is 0 Å². The van der Waals surface area contributed by atoms with E-state index in [4.69, 9.17) is 0 Å². The first-order valence-corrected chi connectivity index (χ1v) is 3.65. The van der Waals surface area contributed by atoms with Crippen LogP contribution in [0.1, 0.15) is 33.1 Å². The van der Waals surface area contributed by atoms with Crippen LogP contribution in [0.4, 0.5) is 4.39 Å². The topological polar surface area (TPSA) is 17.1 Å². The predicted molar refractivity (Wildman–Crippen MR) is 37.5 cm³/mol. The minimum atomic E-state index is -0.892. The van der Waals surface area contributed by atoms with Crippen molar-refractivity contribution in [3.8, 4) is 0 Å². The summed E-state index contributed by atoms with van der Waals surface area (Å²) in [6, 6.07) is 0. The average molecular weight is 144 g/mol. The molecule has 1 saturated carbocycles. The highest BCUT2D eigenvalue weighted by Gasteiger charge is 2.32. The summed E-state index contributed by atoms with van der Waals surface area (Å²) < 4.78 is 12.7. The normalized spacial score (nSPS) is 32.3. The summed E-state index contributed by atoms with van der Waals surface area (Å²) in [6.45, 7) is 3.88. The van der Waals surface area contributed by atoms with Gasteiger partial charge in [0.25, 0.3) is 0 Å². The molecule has 1 atom stereocenters. The summed E-state index contributed by atoms with van der Waals surface area (Å²) in [5.74, 6) is 0.0729. The summed E-state index contributed by atoms with van der Waals surface area (Å²) in [7, 11) is 0. The van der Waals surface area contributed by atoms with Crippen molar-refractivity contribution in [1.29, 1.82) is 0 Å². The zero-order valence-corrected chi connectivity index (χ0v) is 6.48. The molecular formula is C8H13FO. The van der Waals surface area contributed by atoms with Crippen LogP contribution in [-0.2, 0) is 4.79 Å². The zero-order chi connectivity index (χ0) is 7.78. The first-order chi connectivity index (χ1) is 4.49. The van der Waals surface area contributed by atoms with Gasteiger partial charge < -0.3 is 0 Å². The van der Waals surface area contributed by atoms with Gasteiger partial charge in [0.2, 0.25) is 0 Å². The molecule has 0 aromatic rings. The molecular weight excluding hydrogens is 131 g/mol. The molecule has 0 bridgehead atoms. The van der Waals surface area contributed by atoms with Crippen molar-refractivity contribution in [2.24, 2.45) is 5.41 Å². The zero-order valence-electron chi connectivity index (χ0n) is 6.48. The highest BCUT2D eigenvalue weighted by Crippen LogP contribution is 2.34. The van der Waals surface area contributed by atoms with E-state index in [1.807, 2.05) is 13.8 Å². The van der Waals surface area contributed by atoms with Gasteiger partial charge in [0.15, 0.2) is 0 Å². The van der Waals surface area contributed by atoms with Gasteiger partial charge in [-0.15, -0.1) is 0 Å². The molecule has 1 aliphatic carbocycles. The fourth-order valence-corrected chi connectivity index (χ4v) is 1.60. The number of halogens is 1.